The Hall–Kier alpha value is -1.12. The highest BCUT2D eigenvalue weighted by Gasteiger charge is 2.14. The molecule has 1 fully saturated rings. The second-order valence-corrected chi connectivity index (χ2v) is 4.81. The highest BCUT2D eigenvalue weighted by Crippen LogP contribution is 2.27. The fourth-order valence-electron chi connectivity index (χ4n) is 2.40. The van der Waals surface area contributed by atoms with Crippen molar-refractivity contribution in [2.24, 2.45) is 5.92 Å². The molecule has 3 heteroatoms. The maximum atomic E-state index is 4.46. The second kappa shape index (κ2) is 5.28. The van der Waals surface area contributed by atoms with Crippen LogP contribution in [0.15, 0.2) is 6.20 Å². The van der Waals surface area contributed by atoms with Crippen LogP contribution >= 0.6 is 0 Å². The van der Waals surface area contributed by atoms with E-state index in [0.717, 1.165) is 29.7 Å². The first-order chi connectivity index (χ1) is 7.75. The van der Waals surface area contributed by atoms with Gasteiger partial charge < -0.3 is 5.32 Å². The van der Waals surface area contributed by atoms with E-state index in [0.29, 0.717) is 0 Å². The van der Waals surface area contributed by atoms with Gasteiger partial charge in [0.15, 0.2) is 0 Å². The molecule has 0 aromatic carbocycles. The molecular weight excluding hydrogens is 198 g/mol. The van der Waals surface area contributed by atoms with E-state index in [9.17, 15) is 0 Å². The zero-order valence-electron chi connectivity index (χ0n) is 10.3. The Labute approximate surface area is 97.7 Å². The summed E-state index contributed by atoms with van der Waals surface area (Å²) in [5.41, 5.74) is 1.98. The van der Waals surface area contributed by atoms with Crippen molar-refractivity contribution in [2.45, 2.75) is 46.0 Å². The van der Waals surface area contributed by atoms with Crippen molar-refractivity contribution in [3.8, 4) is 0 Å². The summed E-state index contributed by atoms with van der Waals surface area (Å²) in [6.45, 7) is 5.02. The van der Waals surface area contributed by atoms with Crippen molar-refractivity contribution in [1.82, 2.24) is 9.97 Å². The van der Waals surface area contributed by atoms with E-state index >= 15 is 0 Å². The molecule has 1 aromatic heterocycles. The molecule has 0 amide bonds. The van der Waals surface area contributed by atoms with Gasteiger partial charge in [-0.2, -0.15) is 0 Å². The molecule has 0 aliphatic heterocycles. The van der Waals surface area contributed by atoms with Crippen LogP contribution in [0.1, 0.15) is 43.5 Å². The topological polar surface area (TPSA) is 37.8 Å². The zero-order chi connectivity index (χ0) is 11.4. The van der Waals surface area contributed by atoms with Crippen molar-refractivity contribution in [2.75, 3.05) is 11.9 Å². The molecule has 1 aliphatic carbocycles. The Kier molecular flexibility index (Phi) is 3.75. The van der Waals surface area contributed by atoms with Crippen LogP contribution in [0.2, 0.25) is 0 Å². The number of nitrogens with one attached hydrogen (secondary N) is 1. The van der Waals surface area contributed by atoms with Crippen molar-refractivity contribution in [3.63, 3.8) is 0 Å². The number of aromatic nitrogens is 2. The molecule has 1 aliphatic rings. The Morgan fingerprint density at radius 3 is 2.81 bits per heavy atom. The van der Waals surface area contributed by atoms with Crippen LogP contribution in [-0.2, 0) is 0 Å². The highest BCUT2D eigenvalue weighted by atomic mass is 15.0. The Morgan fingerprint density at radius 1 is 1.31 bits per heavy atom. The van der Waals surface area contributed by atoms with Crippen LogP contribution in [0.4, 0.5) is 5.82 Å². The smallest absolute Gasteiger partial charge is 0.147 e. The molecule has 3 nitrogen and oxygen atoms in total. The molecule has 2 rings (SSSR count). The SMILES string of the molecule is Cc1cnc(C)c(NCCC2CCCC2)n1. The van der Waals surface area contributed by atoms with E-state index < -0.39 is 0 Å². The first kappa shape index (κ1) is 11.4. The summed E-state index contributed by atoms with van der Waals surface area (Å²) in [5, 5.41) is 3.41. The fourth-order valence-corrected chi connectivity index (χ4v) is 2.40. The van der Waals surface area contributed by atoms with Crippen LogP contribution in [0.3, 0.4) is 0 Å². The first-order valence-corrected chi connectivity index (χ1v) is 6.30. The van der Waals surface area contributed by atoms with Gasteiger partial charge in [-0.3, -0.25) is 4.98 Å². The van der Waals surface area contributed by atoms with Gasteiger partial charge in [0.1, 0.15) is 5.82 Å². The van der Waals surface area contributed by atoms with E-state index in [-0.39, 0.29) is 0 Å². The lowest BCUT2D eigenvalue weighted by atomic mass is 10.0. The van der Waals surface area contributed by atoms with Gasteiger partial charge in [-0.05, 0) is 26.2 Å². The summed E-state index contributed by atoms with van der Waals surface area (Å²) in [6, 6.07) is 0. The minimum absolute atomic E-state index is 0.936. The molecule has 1 heterocycles. The summed E-state index contributed by atoms with van der Waals surface area (Å²) in [6.07, 6.45) is 8.77. The third-order valence-electron chi connectivity index (χ3n) is 3.40. The van der Waals surface area contributed by atoms with Crippen molar-refractivity contribution in [1.29, 1.82) is 0 Å². The Morgan fingerprint density at radius 2 is 2.06 bits per heavy atom. The molecule has 88 valence electrons. The third kappa shape index (κ3) is 2.94. The van der Waals surface area contributed by atoms with E-state index in [1.807, 2.05) is 20.0 Å². The summed E-state index contributed by atoms with van der Waals surface area (Å²) in [5.74, 6) is 1.89. The molecule has 1 saturated carbocycles. The predicted octanol–water partition coefficient (Wildman–Crippen LogP) is 3.09. The lowest BCUT2D eigenvalue weighted by molar-refractivity contribution is 0.518. The normalized spacial score (nSPS) is 16.6. The van der Waals surface area contributed by atoms with Gasteiger partial charge in [0.2, 0.25) is 0 Å². The maximum absolute atomic E-state index is 4.46. The molecule has 0 unspecified atom stereocenters. The van der Waals surface area contributed by atoms with Crippen LogP contribution in [-0.4, -0.2) is 16.5 Å². The second-order valence-electron chi connectivity index (χ2n) is 4.81. The van der Waals surface area contributed by atoms with Crippen LogP contribution in [0, 0.1) is 19.8 Å². The van der Waals surface area contributed by atoms with E-state index in [1.54, 1.807) is 0 Å². The summed E-state index contributed by atoms with van der Waals surface area (Å²) >= 11 is 0. The molecule has 0 radical (unpaired) electrons. The van der Waals surface area contributed by atoms with Crippen LogP contribution in [0.5, 0.6) is 0 Å². The molecule has 1 N–H and O–H groups in total. The fraction of sp³-hybridized carbons (Fsp3) is 0.692. The zero-order valence-corrected chi connectivity index (χ0v) is 10.3. The lowest BCUT2D eigenvalue weighted by Gasteiger charge is -2.11. The summed E-state index contributed by atoms with van der Waals surface area (Å²) < 4.78 is 0. The molecule has 0 bridgehead atoms. The van der Waals surface area contributed by atoms with Gasteiger partial charge in [0, 0.05) is 12.7 Å². The van der Waals surface area contributed by atoms with Gasteiger partial charge in [-0.25, -0.2) is 4.98 Å². The Bertz CT molecular complexity index is 343. The summed E-state index contributed by atoms with van der Waals surface area (Å²) in [7, 11) is 0. The van der Waals surface area contributed by atoms with Crippen molar-refractivity contribution in [3.05, 3.63) is 17.6 Å². The lowest BCUT2D eigenvalue weighted by Crippen LogP contribution is -2.10. The molecule has 16 heavy (non-hydrogen) atoms. The monoisotopic (exact) mass is 219 g/mol. The largest absolute Gasteiger partial charge is 0.369 e. The minimum atomic E-state index is 0.936. The average Bonchev–Trinajstić information content (AvgIpc) is 2.76. The summed E-state index contributed by atoms with van der Waals surface area (Å²) in [4.78, 5) is 8.77. The maximum Gasteiger partial charge on any atom is 0.147 e. The van der Waals surface area contributed by atoms with Crippen molar-refractivity contribution >= 4 is 5.82 Å². The van der Waals surface area contributed by atoms with Gasteiger partial charge in [-0.15, -0.1) is 0 Å². The first-order valence-electron chi connectivity index (χ1n) is 6.30. The standard InChI is InChI=1S/C13H21N3/c1-10-9-15-11(2)13(16-10)14-8-7-12-5-3-4-6-12/h9,12H,3-8H2,1-2H3,(H,14,16). The third-order valence-corrected chi connectivity index (χ3v) is 3.40. The number of nitrogens with zero attached hydrogens (tertiary/aromatic N) is 2. The number of hydrogen-bond acceptors (Lipinski definition) is 3. The van der Waals surface area contributed by atoms with Gasteiger partial charge in [0.05, 0.1) is 11.4 Å². The number of rotatable bonds is 4. The molecule has 1 aromatic rings. The van der Waals surface area contributed by atoms with Gasteiger partial charge in [0.25, 0.3) is 0 Å². The highest BCUT2D eigenvalue weighted by molar-refractivity contribution is 5.39. The molecule has 0 atom stereocenters. The molecule has 0 spiro atoms. The predicted molar refractivity (Wildman–Crippen MR) is 66.6 cm³/mol. The number of aryl methyl sites for hydroxylation is 2. The molecule has 0 saturated heterocycles. The van der Waals surface area contributed by atoms with Crippen LogP contribution in [0.25, 0.3) is 0 Å². The minimum Gasteiger partial charge on any atom is -0.369 e. The van der Waals surface area contributed by atoms with Gasteiger partial charge in [-0.1, -0.05) is 25.7 Å². The van der Waals surface area contributed by atoms with Crippen molar-refractivity contribution < 1.29 is 0 Å². The van der Waals surface area contributed by atoms with E-state index in [2.05, 4.69) is 15.3 Å². The van der Waals surface area contributed by atoms with E-state index in [1.165, 1.54) is 32.1 Å². The van der Waals surface area contributed by atoms with Crippen LogP contribution < -0.4 is 5.32 Å². The Balaban J connectivity index is 1.82. The average molecular weight is 219 g/mol. The van der Waals surface area contributed by atoms with E-state index in [4.69, 9.17) is 0 Å². The number of anilines is 1. The number of hydrogen-bond donors (Lipinski definition) is 1. The van der Waals surface area contributed by atoms with Gasteiger partial charge >= 0.3 is 0 Å². The quantitative estimate of drug-likeness (QED) is 0.845. The molecular formula is C13H21N3.